The maximum absolute atomic E-state index is 12.8. The van der Waals surface area contributed by atoms with E-state index in [1.807, 2.05) is 6.92 Å². The van der Waals surface area contributed by atoms with Gasteiger partial charge in [-0.05, 0) is 55.4 Å². The van der Waals surface area contributed by atoms with Crippen LogP contribution in [0.1, 0.15) is 71.6 Å². The van der Waals surface area contributed by atoms with E-state index in [4.69, 9.17) is 9.84 Å². The Labute approximate surface area is 171 Å². The lowest BCUT2D eigenvalue weighted by molar-refractivity contribution is -0.177. The van der Waals surface area contributed by atoms with Gasteiger partial charge in [-0.25, -0.2) is 0 Å². The van der Waals surface area contributed by atoms with E-state index in [2.05, 4.69) is 6.92 Å². The van der Waals surface area contributed by atoms with E-state index in [9.17, 15) is 19.2 Å². The van der Waals surface area contributed by atoms with Gasteiger partial charge in [0.1, 0.15) is 11.9 Å². The van der Waals surface area contributed by atoms with Crippen LogP contribution in [0.25, 0.3) is 0 Å². The lowest BCUT2D eigenvalue weighted by Crippen LogP contribution is -2.57. The summed E-state index contributed by atoms with van der Waals surface area (Å²) in [7, 11) is 0. The second-order valence-electron chi connectivity index (χ2n) is 9.89. The zero-order valence-corrected chi connectivity index (χ0v) is 17.2. The van der Waals surface area contributed by atoms with Crippen molar-refractivity contribution in [2.45, 2.75) is 77.7 Å². The molecule has 0 aromatic heterocycles. The number of carbonyl (C=O) groups excluding carboxylic acids is 3. The molecule has 0 spiro atoms. The summed E-state index contributed by atoms with van der Waals surface area (Å²) in [6, 6.07) is 0. The third kappa shape index (κ3) is 3.24. The molecule has 29 heavy (non-hydrogen) atoms. The lowest BCUT2D eigenvalue weighted by atomic mass is 9.46. The Morgan fingerprint density at radius 2 is 1.86 bits per heavy atom. The first-order valence-corrected chi connectivity index (χ1v) is 10.8. The van der Waals surface area contributed by atoms with E-state index in [1.54, 1.807) is 6.08 Å². The Balaban J connectivity index is 1.68. The van der Waals surface area contributed by atoms with E-state index in [1.165, 1.54) is 0 Å². The van der Waals surface area contributed by atoms with Crippen molar-refractivity contribution in [1.82, 2.24) is 0 Å². The topological polar surface area (TPSA) is 97.7 Å². The summed E-state index contributed by atoms with van der Waals surface area (Å²) >= 11 is 0. The summed E-state index contributed by atoms with van der Waals surface area (Å²) < 4.78 is 5.91. The van der Waals surface area contributed by atoms with Gasteiger partial charge in [-0.2, -0.15) is 0 Å². The highest BCUT2D eigenvalue weighted by Crippen LogP contribution is 2.64. The van der Waals surface area contributed by atoms with Crippen molar-refractivity contribution in [3.8, 4) is 0 Å². The van der Waals surface area contributed by atoms with Gasteiger partial charge in [-0.15, -0.1) is 0 Å². The van der Waals surface area contributed by atoms with Crippen molar-refractivity contribution in [3.63, 3.8) is 0 Å². The van der Waals surface area contributed by atoms with Crippen LogP contribution in [0, 0.1) is 28.6 Å². The van der Waals surface area contributed by atoms with Crippen LogP contribution < -0.4 is 0 Å². The third-order valence-electron chi connectivity index (χ3n) is 8.41. The number of hydrogen-bond acceptors (Lipinski definition) is 5. The Morgan fingerprint density at radius 3 is 2.59 bits per heavy atom. The van der Waals surface area contributed by atoms with Gasteiger partial charge in [0.25, 0.3) is 0 Å². The van der Waals surface area contributed by atoms with Crippen LogP contribution >= 0.6 is 0 Å². The van der Waals surface area contributed by atoms with Crippen molar-refractivity contribution in [3.05, 3.63) is 11.6 Å². The molecule has 6 heteroatoms. The average molecular weight is 402 g/mol. The van der Waals surface area contributed by atoms with Crippen LogP contribution in [-0.2, 0) is 23.9 Å². The van der Waals surface area contributed by atoms with E-state index in [0.29, 0.717) is 25.2 Å². The summed E-state index contributed by atoms with van der Waals surface area (Å²) in [5.74, 6) is -0.441. The number of hydrogen-bond donors (Lipinski definition) is 1. The van der Waals surface area contributed by atoms with Crippen LogP contribution in [0.4, 0.5) is 0 Å². The number of carboxylic acids is 1. The molecule has 4 aliphatic carbocycles. The number of allylic oxidation sites excluding steroid dienone is 1. The molecule has 0 radical (unpaired) electrons. The minimum Gasteiger partial charge on any atom is -0.481 e. The van der Waals surface area contributed by atoms with Gasteiger partial charge in [-0.1, -0.05) is 19.4 Å². The predicted octanol–water partition coefficient (Wildman–Crippen LogP) is 3.47. The average Bonchev–Trinajstić information content (AvgIpc) is 2.95. The zero-order valence-electron chi connectivity index (χ0n) is 17.2. The molecule has 0 aromatic rings. The van der Waals surface area contributed by atoms with E-state index in [-0.39, 0.29) is 41.7 Å². The van der Waals surface area contributed by atoms with Crippen molar-refractivity contribution in [2.24, 2.45) is 28.6 Å². The molecule has 0 aliphatic heterocycles. The van der Waals surface area contributed by atoms with Crippen LogP contribution in [-0.4, -0.2) is 34.7 Å². The van der Waals surface area contributed by atoms with Gasteiger partial charge in [0, 0.05) is 24.2 Å². The molecule has 1 N–H and O–H groups in total. The fraction of sp³-hybridized carbons (Fsp3) is 0.739. The SMILES string of the molecule is C[C@]12CCC(=O)C=C1CC[C@@H]1[C@@H]2C(OC(=O)CCC(=O)O)C[C@]2(C)C(=O)CC[C@@H]12. The molecule has 0 saturated heterocycles. The minimum absolute atomic E-state index is 0.0772. The second-order valence-corrected chi connectivity index (χ2v) is 9.89. The Hall–Kier alpha value is -1.98. The minimum atomic E-state index is -1.03. The molecule has 158 valence electrons. The molecule has 4 rings (SSSR count). The molecule has 0 aromatic carbocycles. The van der Waals surface area contributed by atoms with Gasteiger partial charge >= 0.3 is 11.9 Å². The van der Waals surface area contributed by atoms with Gasteiger partial charge in [0.2, 0.25) is 0 Å². The van der Waals surface area contributed by atoms with Gasteiger partial charge < -0.3 is 9.84 Å². The monoisotopic (exact) mass is 402 g/mol. The maximum atomic E-state index is 12.8. The Kier molecular flexibility index (Phi) is 4.94. The second kappa shape index (κ2) is 7.06. The molecule has 3 saturated carbocycles. The van der Waals surface area contributed by atoms with E-state index >= 15 is 0 Å². The van der Waals surface area contributed by atoms with Crippen LogP contribution in [0.3, 0.4) is 0 Å². The predicted molar refractivity (Wildman–Crippen MR) is 104 cm³/mol. The smallest absolute Gasteiger partial charge is 0.306 e. The van der Waals surface area contributed by atoms with Crippen LogP contribution in [0.2, 0.25) is 0 Å². The Bertz CT molecular complexity index is 797. The molecule has 6 atom stereocenters. The van der Waals surface area contributed by atoms with Crippen molar-refractivity contribution in [1.29, 1.82) is 0 Å². The fourth-order valence-corrected chi connectivity index (χ4v) is 6.97. The summed E-state index contributed by atoms with van der Waals surface area (Å²) in [4.78, 5) is 48.1. The first-order valence-electron chi connectivity index (χ1n) is 10.8. The molecular formula is C23H30O6. The summed E-state index contributed by atoms with van der Waals surface area (Å²) in [5.41, 5.74) is 0.484. The molecule has 0 bridgehead atoms. The quantitative estimate of drug-likeness (QED) is 0.723. The molecule has 0 heterocycles. The lowest BCUT2D eigenvalue weighted by Gasteiger charge is -2.59. The number of fused-ring (bicyclic) bond motifs is 5. The number of carbonyl (C=O) groups is 4. The van der Waals surface area contributed by atoms with E-state index < -0.39 is 23.5 Å². The van der Waals surface area contributed by atoms with Crippen LogP contribution in [0.5, 0.6) is 0 Å². The summed E-state index contributed by atoms with van der Waals surface area (Å²) in [5, 5.41) is 8.88. The summed E-state index contributed by atoms with van der Waals surface area (Å²) in [6.45, 7) is 4.22. The van der Waals surface area contributed by atoms with Gasteiger partial charge in [0.05, 0.1) is 12.8 Å². The van der Waals surface area contributed by atoms with Crippen molar-refractivity contribution in [2.75, 3.05) is 0 Å². The van der Waals surface area contributed by atoms with Gasteiger partial charge in [-0.3, -0.25) is 19.2 Å². The maximum Gasteiger partial charge on any atom is 0.306 e. The molecule has 3 fully saturated rings. The highest BCUT2D eigenvalue weighted by Gasteiger charge is 2.63. The number of carboxylic acid groups (broad SMARTS) is 1. The highest BCUT2D eigenvalue weighted by atomic mass is 16.5. The first kappa shape index (κ1) is 20.3. The number of esters is 1. The van der Waals surface area contributed by atoms with E-state index in [0.717, 1.165) is 31.3 Å². The molecule has 4 aliphatic rings. The van der Waals surface area contributed by atoms with Crippen molar-refractivity contribution >= 4 is 23.5 Å². The molecule has 1 unspecified atom stereocenters. The standard InChI is InChI=1S/C23H30O6/c1-22-10-9-14(24)11-13(22)3-4-15-16-5-6-18(25)23(16,2)12-17(21(15)22)29-20(28)8-7-19(26)27/h11,15-17,21H,3-10,12H2,1-2H3,(H,26,27)/t15-,16-,17?,21+,22-,23-/m0/s1. The normalized spacial score (nSPS) is 41.1. The zero-order chi connectivity index (χ0) is 21.0. The Morgan fingerprint density at radius 1 is 1.10 bits per heavy atom. The number of Topliss-reactive ketones (excluding diaryl/α,β-unsaturated/α-hetero) is 1. The molecule has 6 nitrogen and oxygen atoms in total. The number of ketones is 2. The van der Waals surface area contributed by atoms with Crippen LogP contribution in [0.15, 0.2) is 11.6 Å². The highest BCUT2D eigenvalue weighted by molar-refractivity contribution is 5.92. The molecule has 0 amide bonds. The third-order valence-corrected chi connectivity index (χ3v) is 8.41. The largest absolute Gasteiger partial charge is 0.481 e. The fourth-order valence-electron chi connectivity index (χ4n) is 6.97. The molecular weight excluding hydrogens is 372 g/mol. The summed E-state index contributed by atoms with van der Waals surface area (Å²) in [6.07, 6.45) is 6.00. The number of aliphatic carboxylic acids is 1. The van der Waals surface area contributed by atoms with Gasteiger partial charge in [0.15, 0.2) is 5.78 Å². The number of rotatable bonds is 4. The van der Waals surface area contributed by atoms with Crippen molar-refractivity contribution < 1.29 is 29.0 Å². The number of ether oxygens (including phenoxy) is 1. The first-order chi connectivity index (χ1) is 13.6.